The fraction of sp³-hybridized carbons (Fsp3) is 0.381. The summed E-state index contributed by atoms with van der Waals surface area (Å²) in [6.45, 7) is 1.05. The topological polar surface area (TPSA) is 95.9 Å². The number of aromatic hydroxyl groups is 1. The van der Waals surface area contributed by atoms with Gasteiger partial charge in [0, 0.05) is 19.6 Å². The molecule has 1 aliphatic heterocycles. The second-order valence-corrected chi connectivity index (χ2v) is 9.02. The van der Waals surface area contributed by atoms with Crippen molar-refractivity contribution in [1.82, 2.24) is 9.62 Å². The summed E-state index contributed by atoms with van der Waals surface area (Å²) < 4.78 is 32.3. The minimum absolute atomic E-state index is 0.126. The molecular weight excluding hydrogens is 392 g/mol. The van der Waals surface area contributed by atoms with Crippen molar-refractivity contribution in [2.24, 2.45) is 5.92 Å². The van der Waals surface area contributed by atoms with Crippen molar-refractivity contribution in [3.63, 3.8) is 0 Å². The van der Waals surface area contributed by atoms with Crippen molar-refractivity contribution in [2.45, 2.75) is 24.2 Å². The Kier molecular flexibility index (Phi) is 6.76. The van der Waals surface area contributed by atoms with Gasteiger partial charge in [0.2, 0.25) is 15.9 Å². The normalized spacial score (nSPS) is 17.6. The first-order valence-corrected chi connectivity index (χ1v) is 11.0. The Bertz CT molecular complexity index is 927. The lowest BCUT2D eigenvalue weighted by molar-refractivity contribution is -0.126. The Hall–Kier alpha value is -2.58. The number of sulfonamides is 1. The average Bonchev–Trinajstić information content (AvgIpc) is 2.75. The van der Waals surface area contributed by atoms with E-state index in [2.05, 4.69) is 5.32 Å². The predicted molar refractivity (Wildman–Crippen MR) is 109 cm³/mol. The minimum Gasteiger partial charge on any atom is -0.508 e. The van der Waals surface area contributed by atoms with Gasteiger partial charge in [0.1, 0.15) is 11.5 Å². The first kappa shape index (κ1) is 21.1. The number of hydrogen-bond donors (Lipinski definition) is 2. The molecule has 2 N–H and O–H groups in total. The van der Waals surface area contributed by atoms with Gasteiger partial charge in [0.05, 0.1) is 17.9 Å². The van der Waals surface area contributed by atoms with Crippen molar-refractivity contribution in [3.05, 3.63) is 54.1 Å². The zero-order valence-corrected chi connectivity index (χ0v) is 17.2. The number of amides is 1. The van der Waals surface area contributed by atoms with E-state index in [1.165, 1.54) is 23.5 Å². The summed E-state index contributed by atoms with van der Waals surface area (Å²) in [4.78, 5) is 12.7. The third kappa shape index (κ3) is 5.27. The summed E-state index contributed by atoms with van der Waals surface area (Å²) in [5.74, 6) is 0.307. The SMILES string of the molecule is COc1ccc(S(=O)(=O)N2CCCC(C(=O)NCCc3ccc(O)cc3)C2)cc1. The van der Waals surface area contributed by atoms with Gasteiger partial charge >= 0.3 is 0 Å². The van der Waals surface area contributed by atoms with Gasteiger partial charge in [0.15, 0.2) is 0 Å². The molecule has 1 fully saturated rings. The summed E-state index contributed by atoms with van der Waals surface area (Å²) in [7, 11) is -2.12. The summed E-state index contributed by atoms with van der Waals surface area (Å²) in [5.41, 5.74) is 1.01. The molecule has 3 rings (SSSR count). The first-order chi connectivity index (χ1) is 13.9. The van der Waals surface area contributed by atoms with Gasteiger partial charge in [-0.2, -0.15) is 4.31 Å². The van der Waals surface area contributed by atoms with E-state index in [9.17, 15) is 18.3 Å². The lowest BCUT2D eigenvalue weighted by Crippen LogP contribution is -2.45. The Labute approximate surface area is 171 Å². The number of carbonyl (C=O) groups excluding carboxylic acids is 1. The van der Waals surface area contributed by atoms with Crippen LogP contribution in [0.25, 0.3) is 0 Å². The second kappa shape index (κ2) is 9.28. The van der Waals surface area contributed by atoms with Crippen LogP contribution in [-0.2, 0) is 21.2 Å². The minimum atomic E-state index is -3.65. The zero-order valence-electron chi connectivity index (χ0n) is 16.4. The number of phenolic OH excluding ortho intramolecular Hbond substituents is 1. The van der Waals surface area contributed by atoms with E-state index in [0.717, 1.165) is 5.56 Å². The smallest absolute Gasteiger partial charge is 0.243 e. The highest BCUT2D eigenvalue weighted by Gasteiger charge is 2.33. The number of hydrogen-bond acceptors (Lipinski definition) is 5. The molecule has 1 unspecified atom stereocenters. The largest absolute Gasteiger partial charge is 0.508 e. The summed E-state index contributed by atoms with van der Waals surface area (Å²) in [6.07, 6.45) is 1.96. The number of rotatable bonds is 7. The van der Waals surface area contributed by atoms with Crippen molar-refractivity contribution in [3.8, 4) is 11.5 Å². The number of methoxy groups -OCH3 is 1. The van der Waals surface area contributed by atoms with E-state index < -0.39 is 10.0 Å². The molecule has 8 heteroatoms. The standard InChI is InChI=1S/C21H26N2O5S/c1-28-19-8-10-20(11-9-19)29(26,27)23-14-2-3-17(15-23)21(25)22-13-12-16-4-6-18(24)7-5-16/h4-11,17,24H,2-3,12-15H2,1H3,(H,22,25). The molecule has 0 spiro atoms. The van der Waals surface area contributed by atoms with E-state index in [1.807, 2.05) is 12.1 Å². The van der Waals surface area contributed by atoms with Gasteiger partial charge in [-0.1, -0.05) is 12.1 Å². The van der Waals surface area contributed by atoms with Gasteiger partial charge in [-0.25, -0.2) is 8.42 Å². The summed E-state index contributed by atoms with van der Waals surface area (Å²) in [5, 5.41) is 12.2. The maximum absolute atomic E-state index is 12.9. The monoisotopic (exact) mass is 418 g/mol. The maximum Gasteiger partial charge on any atom is 0.243 e. The summed E-state index contributed by atoms with van der Waals surface area (Å²) >= 11 is 0. The van der Waals surface area contributed by atoms with E-state index in [4.69, 9.17) is 4.74 Å². The number of carbonyl (C=O) groups is 1. The highest BCUT2D eigenvalue weighted by atomic mass is 32.2. The van der Waals surface area contributed by atoms with Crippen LogP contribution in [-0.4, -0.2) is 50.5 Å². The third-order valence-corrected chi connectivity index (χ3v) is 6.98. The highest BCUT2D eigenvalue weighted by molar-refractivity contribution is 7.89. The van der Waals surface area contributed by atoms with Gasteiger partial charge < -0.3 is 15.2 Å². The second-order valence-electron chi connectivity index (χ2n) is 7.09. The molecule has 0 bridgehead atoms. The molecule has 0 radical (unpaired) electrons. The van der Waals surface area contributed by atoms with Crippen LogP contribution in [0.3, 0.4) is 0 Å². The van der Waals surface area contributed by atoms with Crippen molar-refractivity contribution >= 4 is 15.9 Å². The lowest BCUT2D eigenvalue weighted by atomic mass is 9.99. The van der Waals surface area contributed by atoms with Crippen LogP contribution in [0.4, 0.5) is 0 Å². The van der Waals surface area contributed by atoms with Gasteiger partial charge in [0.25, 0.3) is 0 Å². The van der Waals surface area contributed by atoms with E-state index in [1.54, 1.807) is 24.3 Å². The summed E-state index contributed by atoms with van der Waals surface area (Å²) in [6, 6.07) is 13.1. The van der Waals surface area contributed by atoms with Crippen LogP contribution in [0.1, 0.15) is 18.4 Å². The number of ether oxygens (including phenoxy) is 1. The number of piperidine rings is 1. The van der Waals surface area contributed by atoms with Crippen molar-refractivity contribution in [1.29, 1.82) is 0 Å². The molecular formula is C21H26N2O5S. The fourth-order valence-corrected chi connectivity index (χ4v) is 4.93. The molecule has 7 nitrogen and oxygen atoms in total. The maximum atomic E-state index is 12.9. The number of nitrogens with one attached hydrogen (secondary N) is 1. The van der Waals surface area contributed by atoms with Crippen molar-refractivity contribution < 1.29 is 23.1 Å². The molecule has 2 aromatic rings. The molecule has 0 saturated carbocycles. The van der Waals surface area contributed by atoms with Crippen LogP contribution >= 0.6 is 0 Å². The molecule has 156 valence electrons. The third-order valence-electron chi connectivity index (χ3n) is 5.10. The van der Waals surface area contributed by atoms with E-state index >= 15 is 0 Å². The van der Waals surface area contributed by atoms with Crippen LogP contribution in [0.5, 0.6) is 11.5 Å². The zero-order chi connectivity index (χ0) is 20.9. The average molecular weight is 419 g/mol. The van der Waals surface area contributed by atoms with Gasteiger partial charge in [-0.3, -0.25) is 4.79 Å². The molecule has 1 heterocycles. The van der Waals surface area contributed by atoms with Crippen LogP contribution in [0.2, 0.25) is 0 Å². The lowest BCUT2D eigenvalue weighted by Gasteiger charge is -2.31. The van der Waals surface area contributed by atoms with Crippen LogP contribution in [0.15, 0.2) is 53.4 Å². The molecule has 0 aromatic heterocycles. The van der Waals surface area contributed by atoms with E-state index in [-0.39, 0.29) is 29.0 Å². The van der Waals surface area contributed by atoms with Gasteiger partial charge in [-0.15, -0.1) is 0 Å². The Morgan fingerprint density at radius 1 is 1.17 bits per heavy atom. The molecule has 2 aromatic carbocycles. The first-order valence-electron chi connectivity index (χ1n) is 9.60. The van der Waals surface area contributed by atoms with Crippen LogP contribution in [0, 0.1) is 5.92 Å². The van der Waals surface area contributed by atoms with Crippen molar-refractivity contribution in [2.75, 3.05) is 26.7 Å². The Morgan fingerprint density at radius 3 is 2.52 bits per heavy atom. The molecule has 1 atom stereocenters. The number of benzene rings is 2. The number of nitrogens with zero attached hydrogens (tertiary/aromatic N) is 1. The fourth-order valence-electron chi connectivity index (χ4n) is 3.41. The molecule has 29 heavy (non-hydrogen) atoms. The Balaban J connectivity index is 1.57. The van der Waals surface area contributed by atoms with Crippen LogP contribution < -0.4 is 10.1 Å². The van der Waals surface area contributed by atoms with Gasteiger partial charge in [-0.05, 0) is 61.2 Å². The quantitative estimate of drug-likeness (QED) is 0.718. The number of phenols is 1. The van der Waals surface area contributed by atoms with E-state index in [0.29, 0.717) is 38.1 Å². The predicted octanol–water partition coefficient (Wildman–Crippen LogP) is 2.16. The Morgan fingerprint density at radius 2 is 1.86 bits per heavy atom. The molecule has 1 aliphatic rings. The highest BCUT2D eigenvalue weighted by Crippen LogP contribution is 2.25. The molecule has 0 aliphatic carbocycles. The molecule has 1 amide bonds. The molecule has 1 saturated heterocycles.